The minimum Gasteiger partial charge on any atom is -0.459 e. The van der Waals surface area contributed by atoms with Crippen LogP contribution in [-0.2, 0) is 0 Å². The summed E-state index contributed by atoms with van der Waals surface area (Å²) in [6.45, 7) is 0. The molecular formula is C26H23ClFN3O2. The molecule has 0 spiro atoms. The number of nitrogens with zero attached hydrogens (tertiary/aromatic N) is 2. The van der Waals surface area contributed by atoms with Crippen LogP contribution in [0.2, 0.25) is 5.02 Å². The first kappa shape index (κ1) is 21.5. The normalized spacial score (nSPS) is 14.4. The Balaban J connectivity index is 1.72. The molecule has 0 saturated heterocycles. The van der Waals surface area contributed by atoms with Crippen LogP contribution in [0.4, 0.5) is 10.2 Å². The van der Waals surface area contributed by atoms with Crippen molar-refractivity contribution < 1.29 is 13.6 Å². The van der Waals surface area contributed by atoms with E-state index in [-0.39, 0.29) is 23.5 Å². The van der Waals surface area contributed by atoms with E-state index in [0.717, 1.165) is 31.2 Å². The van der Waals surface area contributed by atoms with Gasteiger partial charge in [0.1, 0.15) is 23.2 Å². The van der Waals surface area contributed by atoms with Gasteiger partial charge in [0.05, 0.1) is 11.3 Å². The van der Waals surface area contributed by atoms with Crippen molar-refractivity contribution in [2.75, 3.05) is 5.32 Å². The van der Waals surface area contributed by atoms with Crippen LogP contribution in [0.3, 0.4) is 0 Å². The van der Waals surface area contributed by atoms with E-state index in [1.807, 2.05) is 24.3 Å². The molecule has 5 rings (SSSR count). The topological polar surface area (TPSA) is 60.1 Å². The number of aromatic nitrogens is 2. The number of anilines is 1. The maximum Gasteiger partial charge on any atom is 0.292 e. The van der Waals surface area contributed by atoms with Gasteiger partial charge in [0.25, 0.3) is 5.91 Å². The van der Waals surface area contributed by atoms with Crippen LogP contribution >= 0.6 is 11.6 Å². The van der Waals surface area contributed by atoms with Gasteiger partial charge in [-0.05, 0) is 61.4 Å². The van der Waals surface area contributed by atoms with Crippen LogP contribution < -0.4 is 5.32 Å². The maximum atomic E-state index is 13.7. The van der Waals surface area contributed by atoms with Gasteiger partial charge in [0.15, 0.2) is 5.76 Å². The lowest BCUT2D eigenvalue weighted by atomic mass is 9.95. The molecule has 1 aliphatic carbocycles. The first-order valence-electron chi connectivity index (χ1n) is 11.1. The van der Waals surface area contributed by atoms with Crippen LogP contribution in [0.15, 0.2) is 71.3 Å². The molecule has 7 heteroatoms. The average molecular weight is 464 g/mol. The van der Waals surface area contributed by atoms with Crippen molar-refractivity contribution in [2.45, 2.75) is 38.1 Å². The molecule has 1 amide bonds. The number of hydrogen-bond donors (Lipinski definition) is 1. The lowest BCUT2D eigenvalue weighted by Gasteiger charge is -2.27. The third kappa shape index (κ3) is 4.31. The van der Waals surface area contributed by atoms with E-state index >= 15 is 0 Å². The van der Waals surface area contributed by atoms with Gasteiger partial charge in [-0.25, -0.2) is 9.37 Å². The van der Waals surface area contributed by atoms with E-state index in [1.165, 1.54) is 24.8 Å². The van der Waals surface area contributed by atoms with Crippen LogP contribution in [0.25, 0.3) is 22.6 Å². The smallest absolute Gasteiger partial charge is 0.292 e. The minimum atomic E-state index is -0.369. The molecule has 4 aromatic rings. The number of imidazole rings is 1. The van der Waals surface area contributed by atoms with Crippen LogP contribution in [0.1, 0.15) is 48.7 Å². The number of carbonyl (C=O) groups is 1. The van der Waals surface area contributed by atoms with Gasteiger partial charge in [-0.3, -0.25) is 4.79 Å². The Morgan fingerprint density at radius 1 is 1.03 bits per heavy atom. The third-order valence-electron chi connectivity index (χ3n) is 6.06. The monoisotopic (exact) mass is 463 g/mol. The molecule has 2 heterocycles. The van der Waals surface area contributed by atoms with Crippen molar-refractivity contribution in [1.29, 1.82) is 0 Å². The van der Waals surface area contributed by atoms with Gasteiger partial charge < -0.3 is 14.3 Å². The van der Waals surface area contributed by atoms with E-state index in [9.17, 15) is 9.18 Å². The Morgan fingerprint density at radius 2 is 1.79 bits per heavy atom. The van der Waals surface area contributed by atoms with Gasteiger partial charge in [-0.15, -0.1) is 0 Å². The SMILES string of the molecule is O=C(Nc1c(-c2ccc(F)cc2)nc(-c2ccccc2Cl)n1C1CCCCC1)c1ccco1. The molecule has 1 fully saturated rings. The summed E-state index contributed by atoms with van der Waals surface area (Å²) in [4.78, 5) is 18.0. The number of carbonyl (C=O) groups excluding carboxylic acids is 1. The Hall–Kier alpha value is -3.38. The zero-order valence-electron chi connectivity index (χ0n) is 17.9. The summed E-state index contributed by atoms with van der Waals surface area (Å²) >= 11 is 6.58. The molecule has 1 saturated carbocycles. The van der Waals surface area contributed by atoms with Crippen molar-refractivity contribution >= 4 is 23.3 Å². The van der Waals surface area contributed by atoms with E-state index in [4.69, 9.17) is 21.0 Å². The Kier molecular flexibility index (Phi) is 6.01. The number of rotatable bonds is 5. The summed E-state index contributed by atoms with van der Waals surface area (Å²) in [6, 6.07) is 17.1. The third-order valence-corrected chi connectivity index (χ3v) is 6.39. The molecule has 0 bridgehead atoms. The maximum absolute atomic E-state index is 13.7. The summed E-state index contributed by atoms with van der Waals surface area (Å²) in [5.41, 5.74) is 2.05. The molecule has 0 aliphatic heterocycles. The molecule has 33 heavy (non-hydrogen) atoms. The van der Waals surface area contributed by atoms with Crippen molar-refractivity contribution in [1.82, 2.24) is 9.55 Å². The first-order valence-corrected chi connectivity index (χ1v) is 11.5. The van der Waals surface area contributed by atoms with Gasteiger partial charge in [0, 0.05) is 17.2 Å². The summed E-state index contributed by atoms with van der Waals surface area (Å²) in [6.07, 6.45) is 6.79. The summed E-state index contributed by atoms with van der Waals surface area (Å²) in [5, 5.41) is 3.61. The quantitative estimate of drug-likeness (QED) is 0.336. The van der Waals surface area contributed by atoms with Gasteiger partial charge in [-0.1, -0.05) is 43.0 Å². The zero-order valence-corrected chi connectivity index (χ0v) is 18.7. The predicted molar refractivity (Wildman–Crippen MR) is 127 cm³/mol. The van der Waals surface area contributed by atoms with E-state index < -0.39 is 0 Å². The fourth-order valence-corrected chi connectivity index (χ4v) is 4.69. The van der Waals surface area contributed by atoms with Crippen molar-refractivity contribution in [2.24, 2.45) is 0 Å². The molecule has 0 radical (unpaired) electrons. The van der Waals surface area contributed by atoms with Gasteiger partial charge in [-0.2, -0.15) is 0 Å². The highest BCUT2D eigenvalue weighted by atomic mass is 35.5. The molecule has 2 aromatic heterocycles. The summed E-state index contributed by atoms with van der Waals surface area (Å²) in [5.74, 6) is 0.742. The largest absolute Gasteiger partial charge is 0.459 e. The van der Waals surface area contributed by atoms with Gasteiger partial charge >= 0.3 is 0 Å². The lowest BCUT2D eigenvalue weighted by molar-refractivity contribution is 0.0995. The highest BCUT2D eigenvalue weighted by Gasteiger charge is 2.28. The molecule has 168 valence electrons. The Morgan fingerprint density at radius 3 is 2.48 bits per heavy atom. The second-order valence-corrected chi connectivity index (χ2v) is 8.62. The molecule has 1 N–H and O–H groups in total. The minimum absolute atomic E-state index is 0.152. The second-order valence-electron chi connectivity index (χ2n) is 8.21. The van der Waals surface area contributed by atoms with E-state index in [1.54, 1.807) is 24.3 Å². The van der Waals surface area contributed by atoms with Crippen molar-refractivity contribution in [3.05, 3.63) is 83.5 Å². The highest BCUT2D eigenvalue weighted by molar-refractivity contribution is 6.33. The molecule has 0 atom stereocenters. The van der Waals surface area contributed by atoms with Crippen LogP contribution in [-0.4, -0.2) is 15.5 Å². The number of amides is 1. The number of furan rings is 1. The lowest BCUT2D eigenvalue weighted by Crippen LogP contribution is -2.20. The zero-order chi connectivity index (χ0) is 22.8. The van der Waals surface area contributed by atoms with Gasteiger partial charge in [0.2, 0.25) is 0 Å². The molecule has 0 unspecified atom stereocenters. The Labute approximate surface area is 196 Å². The van der Waals surface area contributed by atoms with Crippen molar-refractivity contribution in [3.8, 4) is 22.6 Å². The number of benzene rings is 2. The second kappa shape index (κ2) is 9.24. The van der Waals surface area contributed by atoms with E-state index in [2.05, 4.69) is 9.88 Å². The number of nitrogens with one attached hydrogen (secondary N) is 1. The fourth-order valence-electron chi connectivity index (χ4n) is 4.47. The number of hydrogen-bond acceptors (Lipinski definition) is 3. The van der Waals surface area contributed by atoms with Crippen molar-refractivity contribution in [3.63, 3.8) is 0 Å². The molecule has 1 aliphatic rings. The number of halogens is 2. The summed E-state index contributed by atoms with van der Waals surface area (Å²) in [7, 11) is 0. The predicted octanol–water partition coefficient (Wildman–Crippen LogP) is 7.36. The fraction of sp³-hybridized carbons (Fsp3) is 0.231. The first-order chi connectivity index (χ1) is 16.1. The Bertz CT molecular complexity index is 1260. The standard InChI is InChI=1S/C26H23ClFN3O2/c27-21-10-5-4-9-20(21)24-29-23(17-12-14-18(28)15-13-17)25(30-26(32)22-11-6-16-33-22)31(24)19-7-2-1-3-8-19/h4-6,9-16,19H,1-3,7-8H2,(H,30,32). The van der Waals surface area contributed by atoms with Crippen LogP contribution in [0, 0.1) is 5.82 Å². The molecule has 2 aromatic carbocycles. The highest BCUT2D eigenvalue weighted by Crippen LogP contribution is 2.42. The molecule has 5 nitrogen and oxygen atoms in total. The molecular weight excluding hydrogens is 441 g/mol. The van der Waals surface area contributed by atoms with E-state index in [0.29, 0.717) is 27.9 Å². The van der Waals surface area contributed by atoms with Crippen LogP contribution in [0.5, 0.6) is 0 Å². The average Bonchev–Trinajstić information content (AvgIpc) is 3.49. The summed E-state index contributed by atoms with van der Waals surface area (Å²) < 4.78 is 21.1.